The summed E-state index contributed by atoms with van der Waals surface area (Å²) in [7, 11) is 1.69. The fraction of sp³-hybridized carbons (Fsp3) is 0.786. The molecule has 0 radical (unpaired) electrons. The Balaban J connectivity index is 2.41. The van der Waals surface area contributed by atoms with Crippen LogP contribution in [0.3, 0.4) is 0 Å². The average molecular weight is 269 g/mol. The van der Waals surface area contributed by atoms with Crippen LogP contribution in [0, 0.1) is 0 Å². The van der Waals surface area contributed by atoms with Crippen molar-refractivity contribution in [1.29, 1.82) is 0 Å². The summed E-state index contributed by atoms with van der Waals surface area (Å²) in [5.74, 6) is 0. The van der Waals surface area contributed by atoms with Gasteiger partial charge >= 0.3 is 0 Å². The predicted octanol–water partition coefficient (Wildman–Crippen LogP) is 2.00. The molecule has 1 unspecified atom stereocenters. The molecule has 0 aliphatic heterocycles. The Morgan fingerprint density at radius 3 is 2.79 bits per heavy atom. The first-order chi connectivity index (χ1) is 9.31. The Labute approximate surface area is 116 Å². The van der Waals surface area contributed by atoms with E-state index in [1.165, 1.54) is 5.56 Å². The maximum Gasteiger partial charge on any atom is 0.0700 e. The van der Waals surface area contributed by atoms with Crippen molar-refractivity contribution in [2.45, 2.75) is 39.3 Å². The second kappa shape index (κ2) is 9.95. The molecule has 0 aliphatic rings. The van der Waals surface area contributed by atoms with Crippen LogP contribution in [0.4, 0.5) is 0 Å². The van der Waals surface area contributed by atoms with Crippen molar-refractivity contribution in [2.24, 2.45) is 0 Å². The first-order valence-electron chi connectivity index (χ1n) is 7.14. The molecule has 1 aromatic rings. The van der Waals surface area contributed by atoms with Gasteiger partial charge in [-0.05, 0) is 26.3 Å². The zero-order chi connectivity index (χ0) is 13.9. The summed E-state index contributed by atoms with van der Waals surface area (Å²) >= 11 is 0. The highest BCUT2D eigenvalue weighted by atomic mass is 16.5. The summed E-state index contributed by atoms with van der Waals surface area (Å²) in [4.78, 5) is 0. The SMILES string of the molecule is CCCNC(CCOCCOC)c1cnn(CC)c1. The molecule has 1 atom stereocenters. The maximum absolute atomic E-state index is 5.55. The van der Waals surface area contributed by atoms with E-state index in [0.717, 1.165) is 32.5 Å². The highest BCUT2D eigenvalue weighted by molar-refractivity contribution is 5.10. The zero-order valence-corrected chi connectivity index (χ0v) is 12.4. The van der Waals surface area contributed by atoms with Gasteiger partial charge in [-0.15, -0.1) is 0 Å². The number of ether oxygens (including phenoxy) is 2. The van der Waals surface area contributed by atoms with Crippen molar-refractivity contribution in [3.05, 3.63) is 18.0 Å². The normalized spacial score (nSPS) is 12.8. The molecule has 0 fully saturated rings. The van der Waals surface area contributed by atoms with E-state index in [9.17, 15) is 0 Å². The van der Waals surface area contributed by atoms with Gasteiger partial charge in [-0.3, -0.25) is 4.68 Å². The second-order valence-corrected chi connectivity index (χ2v) is 4.53. The number of rotatable bonds is 11. The minimum atomic E-state index is 0.322. The topological polar surface area (TPSA) is 48.3 Å². The first kappa shape index (κ1) is 16.1. The third kappa shape index (κ3) is 6.18. The number of hydrogen-bond donors (Lipinski definition) is 1. The molecule has 1 rings (SSSR count). The number of methoxy groups -OCH3 is 1. The Kier molecular flexibility index (Phi) is 8.45. The fourth-order valence-electron chi connectivity index (χ4n) is 1.88. The lowest BCUT2D eigenvalue weighted by Crippen LogP contribution is -2.23. The van der Waals surface area contributed by atoms with Crippen molar-refractivity contribution in [3.8, 4) is 0 Å². The first-order valence-corrected chi connectivity index (χ1v) is 7.14. The molecule has 5 heteroatoms. The highest BCUT2D eigenvalue weighted by Gasteiger charge is 2.12. The Morgan fingerprint density at radius 2 is 2.16 bits per heavy atom. The lowest BCUT2D eigenvalue weighted by atomic mass is 10.1. The summed E-state index contributed by atoms with van der Waals surface area (Å²) in [6.45, 7) is 8.24. The Morgan fingerprint density at radius 1 is 1.32 bits per heavy atom. The van der Waals surface area contributed by atoms with E-state index < -0.39 is 0 Å². The van der Waals surface area contributed by atoms with Crippen LogP contribution < -0.4 is 5.32 Å². The van der Waals surface area contributed by atoms with Gasteiger partial charge in [-0.1, -0.05) is 6.92 Å². The summed E-state index contributed by atoms with van der Waals surface area (Å²) in [6.07, 6.45) is 6.15. The number of nitrogens with one attached hydrogen (secondary N) is 1. The van der Waals surface area contributed by atoms with Crippen molar-refractivity contribution in [1.82, 2.24) is 15.1 Å². The summed E-state index contributed by atoms with van der Waals surface area (Å²) in [5.41, 5.74) is 1.24. The third-order valence-corrected chi connectivity index (χ3v) is 3.00. The molecule has 0 saturated carbocycles. The third-order valence-electron chi connectivity index (χ3n) is 3.00. The van der Waals surface area contributed by atoms with Gasteiger partial charge < -0.3 is 14.8 Å². The van der Waals surface area contributed by atoms with Crippen molar-refractivity contribution < 1.29 is 9.47 Å². The van der Waals surface area contributed by atoms with Crippen LogP contribution in [-0.2, 0) is 16.0 Å². The maximum atomic E-state index is 5.55. The highest BCUT2D eigenvalue weighted by Crippen LogP contribution is 2.16. The number of aromatic nitrogens is 2. The van der Waals surface area contributed by atoms with Gasteiger partial charge in [0.25, 0.3) is 0 Å². The number of aryl methyl sites for hydroxylation is 1. The van der Waals surface area contributed by atoms with Crippen LogP contribution in [0.1, 0.15) is 38.3 Å². The minimum Gasteiger partial charge on any atom is -0.382 e. The van der Waals surface area contributed by atoms with Gasteiger partial charge in [-0.2, -0.15) is 5.10 Å². The molecular weight excluding hydrogens is 242 g/mol. The van der Waals surface area contributed by atoms with Gasteiger partial charge in [0, 0.05) is 38.1 Å². The van der Waals surface area contributed by atoms with E-state index in [2.05, 4.69) is 30.5 Å². The summed E-state index contributed by atoms with van der Waals surface area (Å²) in [5, 5.41) is 7.89. The number of hydrogen-bond acceptors (Lipinski definition) is 4. The Bertz CT molecular complexity index is 328. The zero-order valence-electron chi connectivity index (χ0n) is 12.4. The van der Waals surface area contributed by atoms with Crippen LogP contribution in [0.2, 0.25) is 0 Å². The molecule has 0 amide bonds. The quantitative estimate of drug-likeness (QED) is 0.624. The Hall–Kier alpha value is -0.910. The van der Waals surface area contributed by atoms with Gasteiger partial charge in [0.15, 0.2) is 0 Å². The van der Waals surface area contributed by atoms with Gasteiger partial charge in [0.2, 0.25) is 0 Å². The van der Waals surface area contributed by atoms with Crippen molar-refractivity contribution in [2.75, 3.05) is 33.5 Å². The van der Waals surface area contributed by atoms with Gasteiger partial charge in [0.05, 0.1) is 19.4 Å². The van der Waals surface area contributed by atoms with Crippen LogP contribution in [-0.4, -0.2) is 43.3 Å². The average Bonchev–Trinajstić information content (AvgIpc) is 2.90. The molecule has 0 bridgehead atoms. The molecule has 1 heterocycles. The molecule has 0 saturated heterocycles. The molecule has 110 valence electrons. The van der Waals surface area contributed by atoms with Crippen LogP contribution >= 0.6 is 0 Å². The van der Waals surface area contributed by atoms with E-state index in [0.29, 0.717) is 19.3 Å². The smallest absolute Gasteiger partial charge is 0.0700 e. The molecule has 0 spiro atoms. The summed E-state index contributed by atoms with van der Waals surface area (Å²) in [6, 6.07) is 0.322. The van der Waals surface area contributed by atoms with Gasteiger partial charge in [0.1, 0.15) is 0 Å². The lowest BCUT2D eigenvalue weighted by Gasteiger charge is -2.17. The van der Waals surface area contributed by atoms with E-state index in [1.54, 1.807) is 7.11 Å². The van der Waals surface area contributed by atoms with E-state index >= 15 is 0 Å². The van der Waals surface area contributed by atoms with Crippen LogP contribution in [0.5, 0.6) is 0 Å². The molecule has 1 N–H and O–H groups in total. The van der Waals surface area contributed by atoms with Gasteiger partial charge in [-0.25, -0.2) is 0 Å². The van der Waals surface area contributed by atoms with Crippen LogP contribution in [0.25, 0.3) is 0 Å². The monoisotopic (exact) mass is 269 g/mol. The minimum absolute atomic E-state index is 0.322. The second-order valence-electron chi connectivity index (χ2n) is 4.53. The molecule has 5 nitrogen and oxygen atoms in total. The van der Waals surface area contributed by atoms with E-state index in [4.69, 9.17) is 9.47 Å². The van der Waals surface area contributed by atoms with Crippen molar-refractivity contribution in [3.63, 3.8) is 0 Å². The lowest BCUT2D eigenvalue weighted by molar-refractivity contribution is 0.0657. The van der Waals surface area contributed by atoms with Crippen LogP contribution in [0.15, 0.2) is 12.4 Å². The number of nitrogens with zero attached hydrogens (tertiary/aromatic N) is 2. The predicted molar refractivity (Wildman–Crippen MR) is 76.2 cm³/mol. The standard InChI is InChI=1S/C14H27N3O2/c1-4-7-15-14(6-8-19-10-9-18-3)13-11-16-17(5-2)12-13/h11-12,14-15H,4-10H2,1-3H3. The molecule has 1 aromatic heterocycles. The van der Waals surface area contributed by atoms with Crippen molar-refractivity contribution >= 4 is 0 Å². The van der Waals surface area contributed by atoms with E-state index in [1.807, 2.05) is 10.9 Å². The summed E-state index contributed by atoms with van der Waals surface area (Å²) < 4.78 is 12.5. The largest absolute Gasteiger partial charge is 0.382 e. The molecule has 0 aromatic carbocycles. The van der Waals surface area contributed by atoms with E-state index in [-0.39, 0.29) is 0 Å². The molecule has 19 heavy (non-hydrogen) atoms. The fourth-order valence-corrected chi connectivity index (χ4v) is 1.88. The molecule has 0 aliphatic carbocycles. The molecular formula is C14H27N3O2.